The van der Waals surface area contributed by atoms with Gasteiger partial charge in [0.25, 0.3) is 5.91 Å². The SMILES string of the molecule is COCC1(CNC(=O)c2cc(Br)ccc2C)CCNCC1.Cl. The zero-order chi connectivity index (χ0) is 15.3. The number of hydrogen-bond donors (Lipinski definition) is 2. The van der Waals surface area contributed by atoms with E-state index >= 15 is 0 Å². The van der Waals surface area contributed by atoms with Gasteiger partial charge in [0.15, 0.2) is 0 Å². The van der Waals surface area contributed by atoms with Crippen LogP contribution in [0.4, 0.5) is 0 Å². The summed E-state index contributed by atoms with van der Waals surface area (Å²) in [6.07, 6.45) is 2.05. The number of halogens is 2. The smallest absolute Gasteiger partial charge is 0.251 e. The quantitative estimate of drug-likeness (QED) is 0.811. The van der Waals surface area contributed by atoms with Gasteiger partial charge in [-0.25, -0.2) is 0 Å². The molecule has 1 aliphatic heterocycles. The van der Waals surface area contributed by atoms with Crippen molar-refractivity contribution in [2.45, 2.75) is 19.8 Å². The summed E-state index contributed by atoms with van der Waals surface area (Å²) < 4.78 is 6.30. The lowest BCUT2D eigenvalue weighted by Gasteiger charge is -2.37. The fraction of sp³-hybridized carbons (Fsp3) is 0.562. The molecule has 1 heterocycles. The molecule has 1 amide bonds. The first-order valence-electron chi connectivity index (χ1n) is 7.30. The van der Waals surface area contributed by atoms with Crippen LogP contribution in [0, 0.1) is 12.3 Å². The Morgan fingerprint density at radius 1 is 1.41 bits per heavy atom. The maximum Gasteiger partial charge on any atom is 0.251 e. The summed E-state index contributed by atoms with van der Waals surface area (Å²) in [5, 5.41) is 6.45. The van der Waals surface area contributed by atoms with Crippen molar-refractivity contribution in [2.24, 2.45) is 5.41 Å². The summed E-state index contributed by atoms with van der Waals surface area (Å²) in [6, 6.07) is 5.77. The highest BCUT2D eigenvalue weighted by Gasteiger charge is 2.32. The van der Waals surface area contributed by atoms with Crippen molar-refractivity contribution in [1.82, 2.24) is 10.6 Å². The molecule has 6 heteroatoms. The second-order valence-corrected chi connectivity index (χ2v) is 6.74. The summed E-state index contributed by atoms with van der Waals surface area (Å²) in [6.45, 7) is 5.26. The number of piperidine rings is 1. The van der Waals surface area contributed by atoms with Crippen molar-refractivity contribution in [1.29, 1.82) is 0 Å². The molecular formula is C16H24BrClN2O2. The standard InChI is InChI=1S/C16H23BrN2O2.ClH/c1-12-3-4-13(17)9-14(12)15(20)19-10-16(11-21-2)5-7-18-8-6-16;/h3-4,9,18H,5-8,10-11H2,1-2H3,(H,19,20);1H. The number of amides is 1. The van der Waals surface area contributed by atoms with E-state index in [4.69, 9.17) is 4.74 Å². The van der Waals surface area contributed by atoms with Gasteiger partial charge in [-0.2, -0.15) is 0 Å². The van der Waals surface area contributed by atoms with Crippen LogP contribution in [-0.4, -0.2) is 39.3 Å². The van der Waals surface area contributed by atoms with Crippen LogP contribution in [0.25, 0.3) is 0 Å². The van der Waals surface area contributed by atoms with E-state index in [9.17, 15) is 4.79 Å². The minimum absolute atomic E-state index is 0. The van der Waals surface area contributed by atoms with Gasteiger partial charge < -0.3 is 15.4 Å². The largest absolute Gasteiger partial charge is 0.384 e. The molecule has 0 aromatic heterocycles. The number of methoxy groups -OCH3 is 1. The molecule has 2 rings (SSSR count). The van der Waals surface area contributed by atoms with Gasteiger partial charge >= 0.3 is 0 Å². The molecular weight excluding hydrogens is 368 g/mol. The van der Waals surface area contributed by atoms with Crippen LogP contribution in [0.3, 0.4) is 0 Å². The van der Waals surface area contributed by atoms with Crippen molar-refractivity contribution in [2.75, 3.05) is 33.4 Å². The van der Waals surface area contributed by atoms with E-state index in [1.54, 1.807) is 7.11 Å². The first-order valence-corrected chi connectivity index (χ1v) is 8.10. The molecule has 0 spiro atoms. The lowest BCUT2D eigenvalue weighted by Crippen LogP contribution is -2.47. The number of nitrogens with one attached hydrogen (secondary N) is 2. The third kappa shape index (κ3) is 4.95. The van der Waals surface area contributed by atoms with Gasteiger partial charge in [-0.3, -0.25) is 4.79 Å². The number of rotatable bonds is 5. The average molecular weight is 392 g/mol. The molecule has 22 heavy (non-hydrogen) atoms. The predicted octanol–water partition coefficient (Wildman–Crippen LogP) is 2.93. The van der Waals surface area contributed by atoms with Crippen LogP contribution < -0.4 is 10.6 Å². The van der Waals surface area contributed by atoms with Gasteiger partial charge in [-0.05, 0) is 50.6 Å². The summed E-state index contributed by atoms with van der Waals surface area (Å²) >= 11 is 3.42. The average Bonchev–Trinajstić information content (AvgIpc) is 2.49. The van der Waals surface area contributed by atoms with E-state index < -0.39 is 0 Å². The molecule has 0 atom stereocenters. The van der Waals surface area contributed by atoms with Gasteiger partial charge in [0.1, 0.15) is 0 Å². The van der Waals surface area contributed by atoms with Crippen molar-refractivity contribution in [3.63, 3.8) is 0 Å². The number of carbonyl (C=O) groups excluding carboxylic acids is 1. The van der Waals surface area contributed by atoms with Crippen LogP contribution in [0.15, 0.2) is 22.7 Å². The van der Waals surface area contributed by atoms with Crippen LogP contribution in [0.1, 0.15) is 28.8 Å². The first kappa shape index (κ1) is 19.4. The number of benzene rings is 1. The molecule has 1 aromatic rings. The minimum atomic E-state index is -0.0113. The van der Waals surface area contributed by atoms with Gasteiger partial charge in [0, 0.05) is 29.1 Å². The highest BCUT2D eigenvalue weighted by molar-refractivity contribution is 9.10. The molecule has 0 radical (unpaired) electrons. The number of ether oxygens (including phenoxy) is 1. The maximum absolute atomic E-state index is 12.4. The Kier molecular flexibility index (Phi) is 7.83. The normalized spacial score (nSPS) is 16.7. The Bertz CT molecular complexity index is 499. The van der Waals surface area contributed by atoms with Crippen molar-refractivity contribution >= 4 is 34.2 Å². The van der Waals surface area contributed by atoms with Crippen molar-refractivity contribution in [3.05, 3.63) is 33.8 Å². The van der Waals surface area contributed by atoms with Crippen molar-refractivity contribution < 1.29 is 9.53 Å². The second-order valence-electron chi connectivity index (χ2n) is 5.82. The Morgan fingerprint density at radius 3 is 2.73 bits per heavy atom. The molecule has 1 saturated heterocycles. The van der Waals surface area contributed by atoms with E-state index in [0.29, 0.717) is 13.2 Å². The summed E-state index contributed by atoms with van der Waals surface area (Å²) in [5.74, 6) is -0.0113. The topological polar surface area (TPSA) is 50.4 Å². The maximum atomic E-state index is 12.4. The Morgan fingerprint density at radius 2 is 2.09 bits per heavy atom. The Balaban J connectivity index is 0.00000242. The van der Waals surface area contributed by atoms with Crippen LogP contribution in [-0.2, 0) is 4.74 Å². The highest BCUT2D eigenvalue weighted by atomic mass is 79.9. The van der Waals surface area contributed by atoms with Crippen molar-refractivity contribution in [3.8, 4) is 0 Å². The predicted molar refractivity (Wildman–Crippen MR) is 94.9 cm³/mol. The number of hydrogen-bond acceptors (Lipinski definition) is 3. The van der Waals surface area contributed by atoms with E-state index in [0.717, 1.165) is 41.5 Å². The minimum Gasteiger partial charge on any atom is -0.384 e. The third-order valence-corrected chi connectivity index (χ3v) is 4.68. The van der Waals surface area contributed by atoms with Crippen LogP contribution in [0.5, 0.6) is 0 Å². The van der Waals surface area contributed by atoms with Crippen LogP contribution >= 0.6 is 28.3 Å². The van der Waals surface area contributed by atoms with Crippen LogP contribution in [0.2, 0.25) is 0 Å². The molecule has 0 bridgehead atoms. The van der Waals surface area contributed by atoms with Gasteiger partial charge in [-0.1, -0.05) is 22.0 Å². The highest BCUT2D eigenvalue weighted by Crippen LogP contribution is 2.28. The molecule has 1 aliphatic rings. The second kappa shape index (κ2) is 8.87. The molecule has 0 aliphatic carbocycles. The fourth-order valence-corrected chi connectivity index (χ4v) is 3.20. The Labute approximate surface area is 146 Å². The zero-order valence-corrected chi connectivity index (χ0v) is 15.5. The third-order valence-electron chi connectivity index (χ3n) is 4.18. The monoisotopic (exact) mass is 390 g/mol. The number of aryl methyl sites for hydroxylation is 1. The summed E-state index contributed by atoms with van der Waals surface area (Å²) in [7, 11) is 1.73. The molecule has 0 saturated carbocycles. The molecule has 2 N–H and O–H groups in total. The summed E-state index contributed by atoms with van der Waals surface area (Å²) in [4.78, 5) is 12.4. The molecule has 1 fully saturated rings. The van der Waals surface area contributed by atoms with E-state index in [1.807, 2.05) is 25.1 Å². The van der Waals surface area contributed by atoms with E-state index in [1.165, 1.54) is 0 Å². The van der Waals surface area contributed by atoms with Gasteiger partial charge in [-0.15, -0.1) is 12.4 Å². The first-order chi connectivity index (χ1) is 10.1. The number of carbonyl (C=O) groups is 1. The summed E-state index contributed by atoms with van der Waals surface area (Å²) in [5.41, 5.74) is 1.77. The van der Waals surface area contributed by atoms with E-state index in [2.05, 4.69) is 26.6 Å². The fourth-order valence-electron chi connectivity index (χ4n) is 2.84. The van der Waals surface area contributed by atoms with Gasteiger partial charge in [0.2, 0.25) is 0 Å². The lowest BCUT2D eigenvalue weighted by atomic mass is 9.79. The molecule has 124 valence electrons. The van der Waals surface area contributed by atoms with E-state index in [-0.39, 0.29) is 23.7 Å². The molecule has 4 nitrogen and oxygen atoms in total. The molecule has 1 aromatic carbocycles. The Hall–Kier alpha value is -0.620. The zero-order valence-electron chi connectivity index (χ0n) is 13.1. The molecule has 0 unspecified atom stereocenters. The van der Waals surface area contributed by atoms with Gasteiger partial charge in [0.05, 0.1) is 6.61 Å². The lowest BCUT2D eigenvalue weighted by molar-refractivity contribution is 0.0511.